The number of nitro benzene ring substituents is 1. The molecule has 0 aliphatic carbocycles. The van der Waals surface area contributed by atoms with Gasteiger partial charge in [0.15, 0.2) is 4.90 Å². The number of hydrogen-bond acceptors (Lipinski definition) is 7. The van der Waals surface area contributed by atoms with Crippen LogP contribution in [0.3, 0.4) is 0 Å². The van der Waals surface area contributed by atoms with Gasteiger partial charge >= 0.3 is 5.69 Å². The number of nitro groups is 1. The largest absolute Gasteiger partial charge is 0.383 e. The van der Waals surface area contributed by atoms with E-state index in [0.29, 0.717) is 0 Å². The van der Waals surface area contributed by atoms with Crippen LogP contribution in [0, 0.1) is 10.1 Å². The number of methoxy groups -OCH3 is 1. The number of nitrogens with two attached hydrogens (primary N) is 1. The predicted octanol–water partition coefficient (Wildman–Crippen LogP) is 0.147. The molecule has 3 N–H and O–H groups in total. The van der Waals surface area contributed by atoms with Gasteiger partial charge in [0.1, 0.15) is 5.69 Å². The lowest BCUT2D eigenvalue weighted by atomic mass is 10.3. The molecule has 0 aliphatic rings. The summed E-state index contributed by atoms with van der Waals surface area (Å²) in [4.78, 5) is 9.88. The molecule has 0 atom stereocenters. The number of para-hydroxylation sites is 1. The summed E-state index contributed by atoms with van der Waals surface area (Å²) in [6.07, 6.45) is 0. The first-order valence-corrected chi connectivity index (χ1v) is 6.99. The van der Waals surface area contributed by atoms with E-state index >= 15 is 0 Å². The third-order valence-corrected chi connectivity index (χ3v) is 4.52. The number of ether oxygens (including phenoxy) is 1. The number of hydrazine groups is 1. The highest BCUT2D eigenvalue weighted by Crippen LogP contribution is 2.32. The second-order valence-electron chi connectivity index (χ2n) is 3.87. The van der Waals surface area contributed by atoms with Crippen molar-refractivity contribution in [2.45, 2.75) is 4.90 Å². The SMILES string of the molecule is COCCN(C)S(=O)(=O)c1cccc(NN)c1[N+](=O)[O-]. The number of sulfonamides is 1. The van der Waals surface area contributed by atoms with E-state index in [1.54, 1.807) is 0 Å². The normalized spacial score (nSPS) is 11.6. The Morgan fingerprint density at radius 1 is 1.50 bits per heavy atom. The number of benzene rings is 1. The molecule has 10 heteroatoms. The molecular formula is C10H16N4O5S. The molecule has 112 valence electrons. The van der Waals surface area contributed by atoms with Crippen LogP contribution in [0.2, 0.25) is 0 Å². The topological polar surface area (TPSA) is 128 Å². The van der Waals surface area contributed by atoms with Crippen molar-refractivity contribution in [3.05, 3.63) is 28.3 Å². The number of nitrogen functional groups attached to an aromatic ring is 1. The Morgan fingerprint density at radius 3 is 2.65 bits per heavy atom. The van der Waals surface area contributed by atoms with Gasteiger partial charge in [-0.2, -0.15) is 4.31 Å². The zero-order chi connectivity index (χ0) is 15.3. The van der Waals surface area contributed by atoms with E-state index < -0.39 is 25.5 Å². The number of rotatable bonds is 7. The summed E-state index contributed by atoms with van der Waals surface area (Å²) in [5.41, 5.74) is 1.47. The van der Waals surface area contributed by atoms with Crippen molar-refractivity contribution in [1.29, 1.82) is 0 Å². The lowest BCUT2D eigenvalue weighted by Gasteiger charge is -2.17. The standard InChI is InChI=1S/C10H16N4O5S/c1-13(6-7-19-2)20(17,18)9-5-3-4-8(12-11)10(9)14(15)16/h3-5,12H,6-7,11H2,1-2H3. The van der Waals surface area contributed by atoms with E-state index in [1.807, 2.05) is 0 Å². The first-order chi connectivity index (χ1) is 9.36. The Labute approximate surface area is 116 Å². The Bertz CT molecular complexity index is 589. The minimum Gasteiger partial charge on any atom is -0.383 e. The highest BCUT2D eigenvalue weighted by atomic mass is 32.2. The number of anilines is 1. The van der Waals surface area contributed by atoms with Gasteiger partial charge in [-0.1, -0.05) is 6.07 Å². The quantitative estimate of drug-likeness (QED) is 0.417. The van der Waals surface area contributed by atoms with E-state index in [0.717, 1.165) is 10.4 Å². The van der Waals surface area contributed by atoms with E-state index in [4.69, 9.17) is 10.6 Å². The van der Waals surface area contributed by atoms with Gasteiger partial charge in [-0.3, -0.25) is 16.0 Å². The fourth-order valence-corrected chi connectivity index (χ4v) is 2.87. The summed E-state index contributed by atoms with van der Waals surface area (Å²) in [6, 6.07) is 3.86. The molecule has 0 amide bonds. The van der Waals surface area contributed by atoms with Crippen LogP contribution in [-0.4, -0.2) is 45.0 Å². The minimum atomic E-state index is -4.00. The van der Waals surface area contributed by atoms with Crippen molar-refractivity contribution in [2.24, 2.45) is 5.84 Å². The van der Waals surface area contributed by atoms with Crippen molar-refractivity contribution in [3.63, 3.8) is 0 Å². The maximum atomic E-state index is 12.3. The Morgan fingerprint density at radius 2 is 2.15 bits per heavy atom. The maximum Gasteiger partial charge on any atom is 0.313 e. The third kappa shape index (κ3) is 3.22. The van der Waals surface area contributed by atoms with Crippen molar-refractivity contribution >= 4 is 21.4 Å². The molecule has 0 saturated heterocycles. The lowest BCUT2D eigenvalue weighted by molar-refractivity contribution is -0.386. The van der Waals surface area contributed by atoms with Crippen LogP contribution in [0.15, 0.2) is 23.1 Å². The van der Waals surface area contributed by atoms with Crippen molar-refractivity contribution in [1.82, 2.24) is 4.31 Å². The minimum absolute atomic E-state index is 0.0729. The number of likely N-dealkylation sites (N-methyl/N-ethyl adjacent to an activating group) is 1. The Kier molecular flexibility index (Phi) is 5.39. The molecule has 0 unspecified atom stereocenters. The van der Waals surface area contributed by atoms with Gasteiger partial charge in [0.25, 0.3) is 0 Å². The molecule has 0 fully saturated rings. The first-order valence-electron chi connectivity index (χ1n) is 5.55. The molecule has 1 aromatic carbocycles. The average molecular weight is 304 g/mol. The molecule has 0 heterocycles. The smallest absolute Gasteiger partial charge is 0.313 e. The van der Waals surface area contributed by atoms with Crippen LogP contribution in [0.4, 0.5) is 11.4 Å². The van der Waals surface area contributed by atoms with Gasteiger partial charge in [0.05, 0.1) is 11.5 Å². The molecule has 0 aromatic heterocycles. The van der Waals surface area contributed by atoms with Gasteiger partial charge in [0, 0.05) is 20.7 Å². The molecular weight excluding hydrogens is 288 g/mol. The second kappa shape index (κ2) is 6.61. The highest BCUT2D eigenvalue weighted by molar-refractivity contribution is 7.89. The van der Waals surface area contributed by atoms with Crippen LogP contribution in [-0.2, 0) is 14.8 Å². The Balaban J connectivity index is 3.35. The van der Waals surface area contributed by atoms with Gasteiger partial charge in [-0.15, -0.1) is 0 Å². The molecule has 1 aromatic rings. The molecule has 20 heavy (non-hydrogen) atoms. The van der Waals surface area contributed by atoms with Crippen molar-refractivity contribution < 1.29 is 18.1 Å². The zero-order valence-electron chi connectivity index (χ0n) is 11.1. The number of hydrogen-bond donors (Lipinski definition) is 2. The Hall–Kier alpha value is -1.75. The van der Waals surface area contributed by atoms with Crippen LogP contribution < -0.4 is 11.3 Å². The van der Waals surface area contributed by atoms with Crippen LogP contribution >= 0.6 is 0 Å². The molecule has 0 bridgehead atoms. The van der Waals surface area contributed by atoms with Crippen molar-refractivity contribution in [3.8, 4) is 0 Å². The van der Waals surface area contributed by atoms with E-state index in [2.05, 4.69) is 5.43 Å². The zero-order valence-corrected chi connectivity index (χ0v) is 11.9. The average Bonchev–Trinajstić information content (AvgIpc) is 2.43. The van der Waals surface area contributed by atoms with Gasteiger partial charge in [-0.25, -0.2) is 8.42 Å². The van der Waals surface area contributed by atoms with Crippen LogP contribution in [0.5, 0.6) is 0 Å². The lowest BCUT2D eigenvalue weighted by Crippen LogP contribution is -2.30. The van der Waals surface area contributed by atoms with Gasteiger partial charge < -0.3 is 10.2 Å². The summed E-state index contributed by atoms with van der Waals surface area (Å²) in [5.74, 6) is 5.17. The molecule has 0 saturated carbocycles. The predicted molar refractivity (Wildman–Crippen MR) is 72.6 cm³/mol. The van der Waals surface area contributed by atoms with Gasteiger partial charge in [0.2, 0.25) is 10.0 Å². The highest BCUT2D eigenvalue weighted by Gasteiger charge is 2.31. The van der Waals surface area contributed by atoms with E-state index in [9.17, 15) is 18.5 Å². The summed E-state index contributed by atoms with van der Waals surface area (Å²) in [6.45, 7) is 0.259. The van der Waals surface area contributed by atoms with Gasteiger partial charge in [-0.05, 0) is 12.1 Å². The number of nitrogens with zero attached hydrogens (tertiary/aromatic N) is 2. The van der Waals surface area contributed by atoms with Crippen molar-refractivity contribution in [2.75, 3.05) is 32.7 Å². The molecule has 0 aliphatic heterocycles. The first kappa shape index (κ1) is 16.3. The fourth-order valence-electron chi connectivity index (χ4n) is 1.54. The van der Waals surface area contributed by atoms with Crippen LogP contribution in [0.25, 0.3) is 0 Å². The number of nitrogens with one attached hydrogen (secondary N) is 1. The van der Waals surface area contributed by atoms with E-state index in [1.165, 1.54) is 26.3 Å². The molecule has 0 radical (unpaired) electrons. The summed E-state index contributed by atoms with van der Waals surface area (Å²) >= 11 is 0. The second-order valence-corrected chi connectivity index (χ2v) is 5.89. The summed E-state index contributed by atoms with van der Waals surface area (Å²) in [5, 5.41) is 11.1. The molecule has 9 nitrogen and oxygen atoms in total. The third-order valence-electron chi connectivity index (χ3n) is 2.64. The fraction of sp³-hybridized carbons (Fsp3) is 0.400. The van der Waals surface area contributed by atoms with Crippen LogP contribution in [0.1, 0.15) is 0 Å². The molecule has 0 spiro atoms. The van der Waals surface area contributed by atoms with E-state index in [-0.39, 0.29) is 18.8 Å². The summed E-state index contributed by atoms with van der Waals surface area (Å²) < 4.78 is 30.4. The summed E-state index contributed by atoms with van der Waals surface area (Å²) in [7, 11) is -1.25. The monoisotopic (exact) mass is 304 g/mol. The maximum absolute atomic E-state index is 12.3. The molecule has 1 rings (SSSR count).